The summed E-state index contributed by atoms with van der Waals surface area (Å²) in [4.78, 5) is 14.3. The fourth-order valence-electron chi connectivity index (χ4n) is 2.40. The topological polar surface area (TPSA) is 46.3 Å². The van der Waals surface area contributed by atoms with Gasteiger partial charge in [0.2, 0.25) is 0 Å². The minimum atomic E-state index is -0.869. The molecule has 1 aromatic rings. The van der Waals surface area contributed by atoms with Gasteiger partial charge in [0.15, 0.2) is 0 Å². The molecule has 1 rings (SSSR count). The Labute approximate surface area is 125 Å². The fraction of sp³-hybridized carbons (Fsp3) is 0.562. The van der Waals surface area contributed by atoms with Gasteiger partial charge in [-0.15, -0.1) is 0 Å². The number of anilines is 1. The van der Waals surface area contributed by atoms with Crippen LogP contribution in [0.4, 0.5) is 14.5 Å². The molecule has 0 aliphatic heterocycles. The largest absolute Gasteiger partial charge is 0.396 e. The van der Waals surface area contributed by atoms with Crippen molar-refractivity contribution in [3.63, 3.8) is 0 Å². The van der Waals surface area contributed by atoms with Gasteiger partial charge in [-0.25, -0.2) is 8.78 Å². The predicted octanol–water partition coefficient (Wildman–Crippen LogP) is 3.83. The number of carbonyl (C=O) groups excluding carboxylic acids is 1. The smallest absolute Gasteiger partial charge is 0.257 e. The van der Waals surface area contributed by atoms with Gasteiger partial charge in [0.1, 0.15) is 11.6 Å². The van der Waals surface area contributed by atoms with Crippen molar-refractivity contribution in [2.75, 3.05) is 12.3 Å². The summed E-state index contributed by atoms with van der Waals surface area (Å²) in [7, 11) is 0. The Morgan fingerprint density at radius 1 is 1.19 bits per heavy atom. The Morgan fingerprint density at radius 2 is 1.76 bits per heavy atom. The first kappa shape index (κ1) is 17.4. The van der Waals surface area contributed by atoms with E-state index in [1.54, 1.807) is 4.90 Å². The SMILES string of the molecule is CCC(CC)N(CC(C)C)C(=O)c1cc(N)c(F)cc1F. The zero-order valence-electron chi connectivity index (χ0n) is 13.1. The molecule has 0 aromatic heterocycles. The Kier molecular flexibility index (Phi) is 6.12. The maximum absolute atomic E-state index is 13.9. The summed E-state index contributed by atoms with van der Waals surface area (Å²) in [5.74, 6) is -1.88. The van der Waals surface area contributed by atoms with Crippen molar-refractivity contribution < 1.29 is 13.6 Å². The third-order valence-electron chi connectivity index (χ3n) is 3.52. The summed E-state index contributed by atoms with van der Waals surface area (Å²) < 4.78 is 27.1. The molecule has 21 heavy (non-hydrogen) atoms. The Morgan fingerprint density at radius 3 is 2.24 bits per heavy atom. The molecule has 0 fully saturated rings. The van der Waals surface area contributed by atoms with E-state index in [0.717, 1.165) is 18.9 Å². The van der Waals surface area contributed by atoms with Crippen molar-refractivity contribution in [2.24, 2.45) is 5.92 Å². The Balaban J connectivity index is 3.19. The molecule has 0 aliphatic rings. The van der Waals surface area contributed by atoms with Crippen LogP contribution in [0.5, 0.6) is 0 Å². The minimum absolute atomic E-state index is 0.0329. The lowest BCUT2D eigenvalue weighted by molar-refractivity contribution is 0.0635. The van der Waals surface area contributed by atoms with Crippen LogP contribution in [0.25, 0.3) is 0 Å². The number of nitrogens with two attached hydrogens (primary N) is 1. The first-order valence-corrected chi connectivity index (χ1v) is 7.37. The number of rotatable bonds is 6. The van der Waals surface area contributed by atoms with Crippen LogP contribution >= 0.6 is 0 Å². The van der Waals surface area contributed by atoms with Crippen LogP contribution in [-0.4, -0.2) is 23.4 Å². The van der Waals surface area contributed by atoms with Gasteiger partial charge in [-0.05, 0) is 24.8 Å². The fourth-order valence-corrected chi connectivity index (χ4v) is 2.40. The molecule has 0 heterocycles. The normalized spacial score (nSPS) is 11.2. The summed E-state index contributed by atoms with van der Waals surface area (Å²) in [5, 5.41) is 0. The van der Waals surface area contributed by atoms with Crippen LogP contribution < -0.4 is 5.73 Å². The molecule has 0 saturated heterocycles. The maximum atomic E-state index is 13.9. The first-order chi connectivity index (χ1) is 9.81. The lowest BCUT2D eigenvalue weighted by Crippen LogP contribution is -2.42. The maximum Gasteiger partial charge on any atom is 0.257 e. The van der Waals surface area contributed by atoms with Crippen molar-refractivity contribution in [2.45, 2.75) is 46.6 Å². The van der Waals surface area contributed by atoms with E-state index in [1.165, 1.54) is 0 Å². The number of amides is 1. The van der Waals surface area contributed by atoms with E-state index in [-0.39, 0.29) is 23.2 Å². The number of halogens is 2. The van der Waals surface area contributed by atoms with E-state index in [9.17, 15) is 13.6 Å². The monoisotopic (exact) mass is 298 g/mol. The molecule has 0 saturated carbocycles. The second-order valence-electron chi connectivity index (χ2n) is 5.68. The van der Waals surface area contributed by atoms with Gasteiger partial charge in [0.25, 0.3) is 5.91 Å². The number of carbonyl (C=O) groups is 1. The van der Waals surface area contributed by atoms with Gasteiger partial charge in [-0.2, -0.15) is 0 Å². The van der Waals surface area contributed by atoms with E-state index in [1.807, 2.05) is 27.7 Å². The molecule has 1 aromatic carbocycles. The van der Waals surface area contributed by atoms with Gasteiger partial charge in [-0.3, -0.25) is 4.79 Å². The van der Waals surface area contributed by atoms with Gasteiger partial charge in [-0.1, -0.05) is 27.7 Å². The van der Waals surface area contributed by atoms with E-state index in [2.05, 4.69) is 0 Å². The number of hydrogen-bond acceptors (Lipinski definition) is 2. The second-order valence-corrected chi connectivity index (χ2v) is 5.68. The minimum Gasteiger partial charge on any atom is -0.396 e. The molecule has 3 nitrogen and oxygen atoms in total. The van der Waals surface area contributed by atoms with Crippen LogP contribution in [0, 0.1) is 17.6 Å². The van der Waals surface area contributed by atoms with Crippen molar-refractivity contribution in [3.05, 3.63) is 29.3 Å². The lowest BCUT2D eigenvalue weighted by atomic mass is 10.0. The van der Waals surface area contributed by atoms with Gasteiger partial charge in [0.05, 0.1) is 11.3 Å². The van der Waals surface area contributed by atoms with Crippen molar-refractivity contribution in [3.8, 4) is 0 Å². The van der Waals surface area contributed by atoms with Crippen molar-refractivity contribution in [1.82, 2.24) is 4.90 Å². The summed E-state index contributed by atoms with van der Waals surface area (Å²) in [6.45, 7) is 8.51. The molecular formula is C16H24F2N2O. The Hall–Kier alpha value is -1.65. The molecule has 0 aliphatic carbocycles. The molecule has 5 heteroatoms. The quantitative estimate of drug-likeness (QED) is 0.811. The summed E-state index contributed by atoms with van der Waals surface area (Å²) in [6, 6.07) is 1.79. The molecular weight excluding hydrogens is 274 g/mol. The second kappa shape index (κ2) is 7.38. The Bertz CT molecular complexity index is 499. The van der Waals surface area contributed by atoms with E-state index in [4.69, 9.17) is 5.73 Å². The lowest BCUT2D eigenvalue weighted by Gasteiger charge is -2.32. The highest BCUT2D eigenvalue weighted by Crippen LogP contribution is 2.21. The zero-order valence-corrected chi connectivity index (χ0v) is 13.1. The van der Waals surface area contributed by atoms with Crippen LogP contribution in [0.1, 0.15) is 50.9 Å². The van der Waals surface area contributed by atoms with E-state index in [0.29, 0.717) is 12.6 Å². The number of nitrogens with zero attached hydrogens (tertiary/aromatic N) is 1. The average molecular weight is 298 g/mol. The van der Waals surface area contributed by atoms with E-state index >= 15 is 0 Å². The zero-order chi connectivity index (χ0) is 16.2. The van der Waals surface area contributed by atoms with Gasteiger partial charge >= 0.3 is 0 Å². The predicted molar refractivity (Wildman–Crippen MR) is 81.0 cm³/mol. The average Bonchev–Trinajstić information content (AvgIpc) is 2.42. The van der Waals surface area contributed by atoms with Crippen LogP contribution in [0.3, 0.4) is 0 Å². The molecule has 0 bridgehead atoms. The third-order valence-corrected chi connectivity index (χ3v) is 3.52. The number of benzene rings is 1. The number of nitrogen functional groups attached to an aromatic ring is 1. The molecule has 0 spiro atoms. The molecule has 1 amide bonds. The highest BCUT2D eigenvalue weighted by molar-refractivity contribution is 5.95. The van der Waals surface area contributed by atoms with Crippen LogP contribution in [0.15, 0.2) is 12.1 Å². The van der Waals surface area contributed by atoms with Crippen LogP contribution in [0.2, 0.25) is 0 Å². The molecule has 0 unspecified atom stereocenters. The highest BCUT2D eigenvalue weighted by Gasteiger charge is 2.26. The first-order valence-electron chi connectivity index (χ1n) is 7.37. The number of hydrogen-bond donors (Lipinski definition) is 1. The van der Waals surface area contributed by atoms with E-state index < -0.39 is 17.5 Å². The summed E-state index contributed by atoms with van der Waals surface area (Å²) in [6.07, 6.45) is 1.57. The molecule has 0 radical (unpaired) electrons. The molecule has 118 valence electrons. The van der Waals surface area contributed by atoms with Crippen molar-refractivity contribution >= 4 is 11.6 Å². The summed E-state index contributed by atoms with van der Waals surface area (Å²) >= 11 is 0. The van der Waals surface area contributed by atoms with Crippen LogP contribution in [-0.2, 0) is 0 Å². The molecule has 2 N–H and O–H groups in total. The van der Waals surface area contributed by atoms with Crippen molar-refractivity contribution in [1.29, 1.82) is 0 Å². The highest BCUT2D eigenvalue weighted by atomic mass is 19.1. The third kappa shape index (κ3) is 4.16. The van der Waals surface area contributed by atoms with Gasteiger partial charge in [0, 0.05) is 18.7 Å². The standard InChI is InChI=1S/C16H24F2N2O/c1-5-11(6-2)20(9-10(3)4)16(21)12-7-15(19)14(18)8-13(12)17/h7-8,10-11H,5-6,9,19H2,1-4H3. The van der Waals surface area contributed by atoms with Gasteiger partial charge < -0.3 is 10.6 Å². The summed E-state index contributed by atoms with van der Waals surface area (Å²) in [5.41, 5.74) is 5.08. The molecule has 0 atom stereocenters.